The highest BCUT2D eigenvalue weighted by atomic mass is 28.3. The van der Waals surface area contributed by atoms with Crippen LogP contribution in [0.5, 0.6) is 0 Å². The standard InChI is InChI=1S/C35H55NSi/c1-23-19-24-20-29-27-18-17-25(33(2,3)4)21-30(27)35(8,9)31(29)22-28(24)32(23)37(10,11)36(34(5,6)7)26-15-13-12-14-16-26/h17-18,20-24,26,28,32H,12-16,19H2,1-11H3. The molecule has 0 N–H and O–H groups in total. The van der Waals surface area contributed by atoms with Crippen molar-refractivity contribution >= 4 is 13.8 Å². The van der Waals surface area contributed by atoms with Gasteiger partial charge >= 0.3 is 0 Å². The van der Waals surface area contributed by atoms with Gasteiger partial charge in [-0.3, -0.25) is 0 Å². The molecule has 4 unspecified atom stereocenters. The van der Waals surface area contributed by atoms with Crippen LogP contribution in [0, 0.1) is 17.8 Å². The lowest BCUT2D eigenvalue weighted by molar-refractivity contribution is 0.139. The van der Waals surface area contributed by atoms with E-state index in [2.05, 4.69) is 110 Å². The van der Waals surface area contributed by atoms with Gasteiger partial charge in [0.15, 0.2) is 0 Å². The van der Waals surface area contributed by atoms with E-state index in [9.17, 15) is 0 Å². The Labute approximate surface area is 230 Å². The summed E-state index contributed by atoms with van der Waals surface area (Å²) in [5.41, 5.74) is 9.04. The van der Waals surface area contributed by atoms with E-state index >= 15 is 0 Å². The molecule has 1 aromatic carbocycles. The van der Waals surface area contributed by atoms with Gasteiger partial charge in [0.1, 0.15) is 8.24 Å². The molecule has 4 aliphatic carbocycles. The molecule has 4 aliphatic rings. The lowest BCUT2D eigenvalue weighted by atomic mass is 9.75. The Kier molecular flexibility index (Phi) is 6.64. The molecule has 5 rings (SSSR count). The summed E-state index contributed by atoms with van der Waals surface area (Å²) in [4.78, 5) is 0. The van der Waals surface area contributed by atoms with Crippen molar-refractivity contribution in [2.24, 2.45) is 17.8 Å². The summed E-state index contributed by atoms with van der Waals surface area (Å²) in [5, 5.41) is 0. The first-order chi connectivity index (χ1) is 17.0. The molecule has 0 amide bonds. The molecule has 2 fully saturated rings. The van der Waals surface area contributed by atoms with Crippen molar-refractivity contribution in [3.05, 3.63) is 52.6 Å². The number of nitrogens with zero attached hydrogens (tertiary/aromatic N) is 1. The van der Waals surface area contributed by atoms with Crippen molar-refractivity contribution in [3.63, 3.8) is 0 Å². The van der Waals surface area contributed by atoms with E-state index < -0.39 is 8.24 Å². The van der Waals surface area contributed by atoms with E-state index in [1.54, 1.807) is 16.7 Å². The van der Waals surface area contributed by atoms with E-state index in [0.29, 0.717) is 11.8 Å². The number of allylic oxidation sites excluding steroid dienone is 4. The molecule has 1 aromatic rings. The van der Waals surface area contributed by atoms with Gasteiger partial charge in [-0.1, -0.05) is 104 Å². The van der Waals surface area contributed by atoms with Gasteiger partial charge in [0.2, 0.25) is 0 Å². The monoisotopic (exact) mass is 517 g/mol. The highest BCUT2D eigenvalue weighted by Gasteiger charge is 2.56. The number of rotatable bonds is 3. The largest absolute Gasteiger partial charge is 0.316 e. The third kappa shape index (κ3) is 4.47. The van der Waals surface area contributed by atoms with E-state index in [4.69, 9.17) is 0 Å². The molecule has 0 bridgehead atoms. The summed E-state index contributed by atoms with van der Waals surface area (Å²) in [7, 11) is -1.74. The smallest absolute Gasteiger partial charge is 0.127 e. The fourth-order valence-electron chi connectivity index (χ4n) is 9.61. The lowest BCUT2D eigenvalue weighted by Gasteiger charge is -2.56. The van der Waals surface area contributed by atoms with E-state index in [1.165, 1.54) is 49.7 Å². The maximum Gasteiger partial charge on any atom is 0.127 e. The van der Waals surface area contributed by atoms with Gasteiger partial charge in [-0.2, -0.15) is 0 Å². The van der Waals surface area contributed by atoms with Crippen LogP contribution in [0.15, 0.2) is 35.9 Å². The average molecular weight is 518 g/mol. The lowest BCUT2D eigenvalue weighted by Crippen LogP contribution is -2.65. The minimum absolute atomic E-state index is 0.0859. The Morgan fingerprint density at radius 3 is 2.16 bits per heavy atom. The Morgan fingerprint density at radius 1 is 0.919 bits per heavy atom. The first-order valence-corrected chi connectivity index (χ1v) is 18.5. The first-order valence-electron chi connectivity index (χ1n) is 15.4. The van der Waals surface area contributed by atoms with Crippen molar-refractivity contribution in [2.45, 2.75) is 142 Å². The molecule has 0 radical (unpaired) electrons. The highest BCUT2D eigenvalue weighted by Crippen LogP contribution is 2.61. The number of hydrogen-bond acceptors (Lipinski definition) is 1. The molecule has 204 valence electrons. The fraction of sp³-hybridized carbons (Fsp3) is 0.714. The van der Waals surface area contributed by atoms with Crippen LogP contribution in [0.25, 0.3) is 5.57 Å². The number of benzene rings is 1. The molecule has 0 aromatic heterocycles. The molecule has 0 saturated heterocycles. The van der Waals surface area contributed by atoms with Crippen LogP contribution < -0.4 is 0 Å². The van der Waals surface area contributed by atoms with Crippen molar-refractivity contribution < 1.29 is 0 Å². The molecule has 1 nitrogen and oxygen atoms in total. The summed E-state index contributed by atoms with van der Waals surface area (Å²) in [6, 6.07) is 8.16. The van der Waals surface area contributed by atoms with Gasteiger partial charge in [-0.25, -0.2) is 0 Å². The van der Waals surface area contributed by atoms with Crippen molar-refractivity contribution in [2.75, 3.05) is 0 Å². The predicted molar refractivity (Wildman–Crippen MR) is 165 cm³/mol. The third-order valence-corrected chi connectivity index (χ3v) is 15.7. The maximum absolute atomic E-state index is 3.13. The van der Waals surface area contributed by atoms with Gasteiger partial charge in [0.25, 0.3) is 0 Å². The fourth-order valence-corrected chi connectivity index (χ4v) is 15.7. The normalized spacial score (nSPS) is 30.1. The molecule has 0 aliphatic heterocycles. The second-order valence-electron chi connectivity index (χ2n) is 16.3. The Hall–Kier alpha value is -1.12. The Morgan fingerprint density at radius 2 is 1.57 bits per heavy atom. The minimum Gasteiger partial charge on any atom is -0.316 e. The topological polar surface area (TPSA) is 3.24 Å². The summed E-state index contributed by atoms with van der Waals surface area (Å²) in [6.45, 7) is 27.6. The van der Waals surface area contributed by atoms with Crippen LogP contribution in [-0.4, -0.2) is 24.4 Å². The number of fused-ring (bicyclic) bond motifs is 4. The highest BCUT2D eigenvalue weighted by molar-refractivity contribution is 6.76. The van der Waals surface area contributed by atoms with Crippen molar-refractivity contribution in [3.8, 4) is 0 Å². The SMILES string of the molecule is CC1CC2C=C3C(=CC2C1[Si](C)(C)N(C1CCCCC1)C(C)(C)C)C(C)(C)c1cc(C(C)(C)C)ccc13. The van der Waals surface area contributed by atoms with Gasteiger partial charge in [0.05, 0.1) is 0 Å². The zero-order chi connectivity index (χ0) is 27.1. The van der Waals surface area contributed by atoms with E-state index in [1.807, 2.05) is 0 Å². The molecular formula is C35H55NSi. The summed E-state index contributed by atoms with van der Waals surface area (Å²) in [6.07, 6.45) is 14.0. The van der Waals surface area contributed by atoms with Crippen LogP contribution >= 0.6 is 0 Å². The average Bonchev–Trinajstić information content (AvgIpc) is 3.22. The van der Waals surface area contributed by atoms with Crippen LogP contribution in [0.3, 0.4) is 0 Å². The Bertz CT molecular complexity index is 1100. The molecule has 0 spiro atoms. The van der Waals surface area contributed by atoms with Crippen LogP contribution in [0.1, 0.15) is 118 Å². The summed E-state index contributed by atoms with van der Waals surface area (Å²) < 4.78 is 3.13. The molecular weight excluding hydrogens is 462 g/mol. The second kappa shape index (κ2) is 8.95. The maximum atomic E-state index is 3.13. The minimum atomic E-state index is -1.74. The zero-order valence-electron chi connectivity index (χ0n) is 26.0. The predicted octanol–water partition coefficient (Wildman–Crippen LogP) is 9.88. The third-order valence-electron chi connectivity index (χ3n) is 10.8. The summed E-state index contributed by atoms with van der Waals surface area (Å²) >= 11 is 0. The van der Waals surface area contributed by atoms with Gasteiger partial charge in [-0.15, -0.1) is 0 Å². The van der Waals surface area contributed by atoms with Gasteiger partial charge in [0, 0.05) is 17.0 Å². The Balaban J connectivity index is 1.55. The van der Waals surface area contributed by atoms with E-state index in [-0.39, 0.29) is 16.4 Å². The second-order valence-corrected chi connectivity index (χ2v) is 20.7. The molecule has 0 heterocycles. The van der Waals surface area contributed by atoms with Crippen molar-refractivity contribution in [1.82, 2.24) is 4.57 Å². The van der Waals surface area contributed by atoms with Crippen LogP contribution in [0.2, 0.25) is 18.6 Å². The quantitative estimate of drug-likeness (QED) is 0.361. The zero-order valence-corrected chi connectivity index (χ0v) is 27.0. The first kappa shape index (κ1) is 27.4. The van der Waals surface area contributed by atoms with Gasteiger partial charge in [-0.05, 0) is 96.6 Å². The number of hydrogen-bond donors (Lipinski definition) is 0. The van der Waals surface area contributed by atoms with E-state index in [0.717, 1.165) is 17.5 Å². The molecule has 2 heteroatoms. The van der Waals surface area contributed by atoms with Crippen LogP contribution in [0.4, 0.5) is 0 Å². The molecule has 4 atom stereocenters. The molecule has 2 saturated carbocycles. The van der Waals surface area contributed by atoms with Crippen molar-refractivity contribution in [1.29, 1.82) is 0 Å². The van der Waals surface area contributed by atoms with Crippen LogP contribution in [-0.2, 0) is 10.8 Å². The summed E-state index contributed by atoms with van der Waals surface area (Å²) in [5.74, 6) is 2.19. The molecule has 37 heavy (non-hydrogen) atoms. The van der Waals surface area contributed by atoms with Gasteiger partial charge < -0.3 is 4.57 Å².